The molecule has 0 aliphatic carbocycles. The fraction of sp³-hybridized carbons (Fsp3) is 0.727. The molecule has 0 unspecified atom stereocenters. The second-order valence-electron chi connectivity index (χ2n) is 5.85. The summed E-state index contributed by atoms with van der Waals surface area (Å²) in [5, 5.41) is 13.2. The number of hydrogen-bond donors (Lipinski definition) is 2. The predicted octanol–water partition coefficient (Wildman–Crippen LogP) is -0.140. The number of guanidine groups is 1. The average Bonchev–Trinajstić information content (AvgIpc) is 2.19. The van der Waals surface area contributed by atoms with Gasteiger partial charge in [-0.1, -0.05) is 0 Å². The molecule has 3 N–H and O–H groups in total. The van der Waals surface area contributed by atoms with Crippen molar-refractivity contribution in [3.05, 3.63) is 0 Å². The molecule has 2 amide bonds. The Morgan fingerprint density at radius 1 is 1.36 bits per heavy atom. The van der Waals surface area contributed by atoms with Crippen molar-refractivity contribution < 1.29 is 27.9 Å². The van der Waals surface area contributed by atoms with Crippen LogP contribution in [0.1, 0.15) is 20.8 Å². The lowest BCUT2D eigenvalue weighted by atomic mass is 10.2. The highest BCUT2D eigenvalue weighted by Crippen LogP contribution is 2.17. The van der Waals surface area contributed by atoms with Crippen LogP contribution in [0.3, 0.4) is 0 Å². The van der Waals surface area contributed by atoms with E-state index in [-0.39, 0.29) is 19.0 Å². The standard InChI is InChI=1S/C11H20N4O6S/c1-11(2,3)21-9(16)13-8(14(4)10(17)18)15-5-7(6-15)22(12,19)20/h7H,5-6H2,1-4H3,(H,17,18)(H2,12,19,20)/b13-8-. The largest absolute Gasteiger partial charge is 0.465 e. The van der Waals surface area contributed by atoms with Crippen molar-refractivity contribution in [2.24, 2.45) is 10.1 Å². The lowest BCUT2D eigenvalue weighted by molar-refractivity contribution is 0.0597. The van der Waals surface area contributed by atoms with Gasteiger partial charge in [0.25, 0.3) is 0 Å². The number of ether oxygens (including phenoxy) is 1. The highest BCUT2D eigenvalue weighted by molar-refractivity contribution is 7.89. The monoisotopic (exact) mass is 336 g/mol. The van der Waals surface area contributed by atoms with Gasteiger partial charge in [-0.15, -0.1) is 4.99 Å². The van der Waals surface area contributed by atoms with Gasteiger partial charge in [-0.2, -0.15) is 0 Å². The summed E-state index contributed by atoms with van der Waals surface area (Å²) in [7, 11) is -2.52. The van der Waals surface area contributed by atoms with E-state index in [4.69, 9.17) is 15.0 Å². The van der Waals surface area contributed by atoms with Crippen LogP contribution in [0.25, 0.3) is 0 Å². The van der Waals surface area contributed by atoms with Crippen molar-refractivity contribution in [3.8, 4) is 0 Å². The zero-order valence-electron chi connectivity index (χ0n) is 12.8. The van der Waals surface area contributed by atoms with Crippen LogP contribution < -0.4 is 5.14 Å². The third kappa shape index (κ3) is 4.84. The van der Waals surface area contributed by atoms with E-state index in [0.717, 1.165) is 0 Å². The lowest BCUT2D eigenvalue weighted by Gasteiger charge is -2.41. The van der Waals surface area contributed by atoms with Crippen LogP contribution >= 0.6 is 0 Å². The number of sulfonamides is 1. The minimum absolute atomic E-state index is 0.0436. The summed E-state index contributed by atoms with van der Waals surface area (Å²) in [6, 6.07) is 0. The maximum atomic E-state index is 11.7. The Morgan fingerprint density at radius 3 is 2.23 bits per heavy atom. The Labute approximate surface area is 128 Å². The van der Waals surface area contributed by atoms with Gasteiger partial charge >= 0.3 is 12.2 Å². The molecule has 0 spiro atoms. The first-order valence-corrected chi connectivity index (χ1v) is 7.97. The van der Waals surface area contributed by atoms with E-state index in [1.54, 1.807) is 20.8 Å². The van der Waals surface area contributed by atoms with Gasteiger partial charge in [0, 0.05) is 20.1 Å². The number of amides is 2. The number of likely N-dealkylation sites (tertiary alicyclic amines) is 1. The van der Waals surface area contributed by atoms with E-state index < -0.39 is 33.1 Å². The minimum Gasteiger partial charge on any atom is -0.465 e. The molecule has 0 aromatic carbocycles. The molecular weight excluding hydrogens is 316 g/mol. The summed E-state index contributed by atoms with van der Waals surface area (Å²) in [4.78, 5) is 28.4. The number of carbonyl (C=O) groups is 2. The van der Waals surface area contributed by atoms with Gasteiger partial charge in [-0.05, 0) is 20.8 Å². The van der Waals surface area contributed by atoms with E-state index in [0.29, 0.717) is 4.90 Å². The summed E-state index contributed by atoms with van der Waals surface area (Å²) in [5.41, 5.74) is -0.786. The number of carbonyl (C=O) groups excluding carboxylic acids is 1. The summed E-state index contributed by atoms with van der Waals surface area (Å²) < 4.78 is 27.4. The summed E-state index contributed by atoms with van der Waals surface area (Å²) in [6.07, 6.45) is -2.31. The van der Waals surface area contributed by atoms with Crippen molar-refractivity contribution in [3.63, 3.8) is 0 Å². The third-order valence-electron chi connectivity index (χ3n) is 2.77. The van der Waals surface area contributed by atoms with E-state index in [1.807, 2.05) is 0 Å². The SMILES string of the molecule is CN(C(=O)O)/C(=N/C(=O)OC(C)(C)C)N1CC(S(N)(=O)=O)C1. The number of nitrogens with zero attached hydrogens (tertiary/aromatic N) is 3. The molecule has 0 bridgehead atoms. The molecule has 1 heterocycles. The number of hydrogen-bond acceptors (Lipinski definition) is 5. The zero-order valence-corrected chi connectivity index (χ0v) is 13.6. The number of aliphatic imine (C=N–C) groups is 1. The van der Waals surface area contributed by atoms with Crippen molar-refractivity contribution >= 4 is 28.2 Å². The minimum atomic E-state index is -3.71. The molecule has 0 radical (unpaired) electrons. The van der Waals surface area contributed by atoms with Gasteiger partial charge in [0.15, 0.2) is 0 Å². The van der Waals surface area contributed by atoms with Crippen LogP contribution in [0.2, 0.25) is 0 Å². The quantitative estimate of drug-likeness (QED) is 0.501. The van der Waals surface area contributed by atoms with Crippen LogP contribution in [0.4, 0.5) is 9.59 Å². The molecule has 1 aliphatic rings. The maximum absolute atomic E-state index is 11.7. The van der Waals surface area contributed by atoms with E-state index in [1.165, 1.54) is 11.9 Å². The maximum Gasteiger partial charge on any atom is 0.437 e. The molecule has 1 fully saturated rings. The van der Waals surface area contributed by atoms with Gasteiger partial charge < -0.3 is 14.7 Å². The molecule has 0 saturated carbocycles. The summed E-state index contributed by atoms with van der Waals surface area (Å²) in [6.45, 7) is 4.83. The first-order valence-electron chi connectivity index (χ1n) is 6.36. The summed E-state index contributed by atoms with van der Waals surface area (Å²) >= 11 is 0. The van der Waals surface area contributed by atoms with Crippen molar-refractivity contribution in [1.29, 1.82) is 0 Å². The fourth-order valence-corrected chi connectivity index (χ4v) is 2.39. The van der Waals surface area contributed by atoms with Crippen LogP contribution in [0.5, 0.6) is 0 Å². The van der Waals surface area contributed by atoms with Gasteiger partial charge in [-0.25, -0.2) is 23.1 Å². The molecule has 11 heteroatoms. The van der Waals surface area contributed by atoms with E-state index in [2.05, 4.69) is 4.99 Å². The fourth-order valence-electron chi connectivity index (χ4n) is 1.62. The predicted molar refractivity (Wildman–Crippen MR) is 77.9 cm³/mol. The highest BCUT2D eigenvalue weighted by atomic mass is 32.2. The van der Waals surface area contributed by atoms with Crippen molar-refractivity contribution in [1.82, 2.24) is 9.80 Å². The van der Waals surface area contributed by atoms with Gasteiger partial charge in [-0.3, -0.25) is 4.90 Å². The molecule has 22 heavy (non-hydrogen) atoms. The van der Waals surface area contributed by atoms with Crippen molar-refractivity contribution in [2.75, 3.05) is 20.1 Å². The molecule has 10 nitrogen and oxygen atoms in total. The second kappa shape index (κ2) is 6.08. The van der Waals surface area contributed by atoms with Crippen LogP contribution in [0.15, 0.2) is 4.99 Å². The Morgan fingerprint density at radius 2 is 1.86 bits per heavy atom. The second-order valence-corrected chi connectivity index (χ2v) is 7.69. The van der Waals surface area contributed by atoms with Crippen LogP contribution in [-0.2, 0) is 14.8 Å². The molecule has 0 aromatic rings. The topological polar surface area (TPSA) is 143 Å². The number of nitrogens with two attached hydrogens (primary N) is 1. The molecule has 126 valence electrons. The third-order valence-corrected chi connectivity index (χ3v) is 3.99. The summed E-state index contributed by atoms with van der Waals surface area (Å²) in [5.74, 6) is -0.207. The molecular formula is C11H20N4O6S. The Balaban J connectivity index is 2.92. The molecule has 1 aliphatic heterocycles. The van der Waals surface area contributed by atoms with Crippen LogP contribution in [0, 0.1) is 0 Å². The number of rotatable bonds is 1. The Kier molecular flexibility index (Phi) is 5.03. The molecule has 0 atom stereocenters. The highest BCUT2D eigenvalue weighted by Gasteiger charge is 2.39. The first-order chi connectivity index (χ1) is 9.81. The molecule has 1 saturated heterocycles. The van der Waals surface area contributed by atoms with E-state index >= 15 is 0 Å². The average molecular weight is 336 g/mol. The zero-order chi connectivity index (χ0) is 17.3. The van der Waals surface area contributed by atoms with Gasteiger partial charge in [0.05, 0.1) is 0 Å². The van der Waals surface area contributed by atoms with Gasteiger partial charge in [0.2, 0.25) is 16.0 Å². The Hall–Kier alpha value is -1.88. The normalized spacial score (nSPS) is 17.0. The Bertz CT molecular complexity index is 588. The first kappa shape index (κ1) is 18.2. The van der Waals surface area contributed by atoms with Crippen molar-refractivity contribution in [2.45, 2.75) is 31.6 Å². The number of carboxylic acid groups (broad SMARTS) is 1. The van der Waals surface area contributed by atoms with E-state index in [9.17, 15) is 18.0 Å². The van der Waals surface area contributed by atoms with Gasteiger partial charge in [0.1, 0.15) is 10.9 Å². The smallest absolute Gasteiger partial charge is 0.437 e. The number of primary sulfonamides is 1. The molecule has 1 rings (SSSR count). The van der Waals surface area contributed by atoms with Crippen LogP contribution in [-0.4, -0.2) is 72.5 Å². The molecule has 0 aromatic heterocycles. The lowest BCUT2D eigenvalue weighted by Crippen LogP contribution is -2.62.